The molecule has 0 aromatic carbocycles. The van der Waals surface area contributed by atoms with Gasteiger partial charge in [-0.2, -0.15) is 4.98 Å². The van der Waals surface area contributed by atoms with Gasteiger partial charge in [0.05, 0.1) is 18.4 Å². The molecular formula is C11H10ClFN4. The van der Waals surface area contributed by atoms with Gasteiger partial charge in [0.15, 0.2) is 11.6 Å². The Bertz CT molecular complexity index is 506. The Morgan fingerprint density at radius 1 is 1.35 bits per heavy atom. The molecule has 0 amide bonds. The predicted octanol–water partition coefficient (Wildman–Crippen LogP) is 2.30. The highest BCUT2D eigenvalue weighted by atomic mass is 35.5. The average molecular weight is 253 g/mol. The molecule has 2 aromatic heterocycles. The lowest BCUT2D eigenvalue weighted by atomic mass is 10.3. The molecule has 0 saturated carbocycles. The van der Waals surface area contributed by atoms with E-state index in [9.17, 15) is 4.39 Å². The summed E-state index contributed by atoms with van der Waals surface area (Å²) in [6, 6.07) is 5.56. The molecule has 2 aromatic rings. The van der Waals surface area contributed by atoms with E-state index in [1.165, 1.54) is 0 Å². The van der Waals surface area contributed by atoms with Crippen molar-refractivity contribution in [1.82, 2.24) is 15.0 Å². The third-order valence-electron chi connectivity index (χ3n) is 2.18. The summed E-state index contributed by atoms with van der Waals surface area (Å²) < 4.78 is 13.5. The Hall–Kier alpha value is -1.75. The zero-order chi connectivity index (χ0) is 12.3. The van der Waals surface area contributed by atoms with Crippen LogP contribution >= 0.6 is 11.6 Å². The molecule has 0 aliphatic rings. The third-order valence-corrected chi connectivity index (χ3v) is 2.37. The van der Waals surface area contributed by atoms with E-state index >= 15 is 0 Å². The van der Waals surface area contributed by atoms with Crippen LogP contribution < -0.4 is 4.90 Å². The largest absolute Gasteiger partial charge is 0.351 e. The summed E-state index contributed by atoms with van der Waals surface area (Å²) >= 11 is 5.63. The van der Waals surface area contributed by atoms with Gasteiger partial charge >= 0.3 is 0 Å². The van der Waals surface area contributed by atoms with E-state index in [2.05, 4.69) is 15.0 Å². The van der Waals surface area contributed by atoms with Gasteiger partial charge in [-0.25, -0.2) is 9.37 Å². The van der Waals surface area contributed by atoms with E-state index in [4.69, 9.17) is 11.6 Å². The van der Waals surface area contributed by atoms with E-state index in [0.29, 0.717) is 6.54 Å². The van der Waals surface area contributed by atoms with Crippen LogP contribution in [0.15, 0.2) is 30.6 Å². The van der Waals surface area contributed by atoms with Crippen LogP contribution in [0.3, 0.4) is 0 Å². The number of hydrogen-bond acceptors (Lipinski definition) is 4. The quantitative estimate of drug-likeness (QED) is 0.786. The fourth-order valence-corrected chi connectivity index (χ4v) is 1.54. The van der Waals surface area contributed by atoms with Gasteiger partial charge in [-0.1, -0.05) is 6.07 Å². The minimum absolute atomic E-state index is 0.0225. The second-order valence-electron chi connectivity index (χ2n) is 3.49. The maximum Gasteiger partial charge on any atom is 0.224 e. The van der Waals surface area contributed by atoms with Crippen LogP contribution in [0, 0.1) is 5.82 Å². The van der Waals surface area contributed by atoms with Crippen LogP contribution in [-0.2, 0) is 6.54 Å². The van der Waals surface area contributed by atoms with E-state index in [0.717, 1.165) is 11.9 Å². The number of pyridine rings is 1. The van der Waals surface area contributed by atoms with Crippen molar-refractivity contribution in [2.24, 2.45) is 0 Å². The molecule has 4 nitrogen and oxygen atoms in total. The lowest BCUT2D eigenvalue weighted by molar-refractivity contribution is 0.606. The topological polar surface area (TPSA) is 41.9 Å². The first-order chi connectivity index (χ1) is 8.16. The molecule has 0 fully saturated rings. The summed E-state index contributed by atoms with van der Waals surface area (Å²) in [5.74, 6) is -0.344. The van der Waals surface area contributed by atoms with Crippen molar-refractivity contribution in [1.29, 1.82) is 0 Å². The fourth-order valence-electron chi connectivity index (χ4n) is 1.41. The molecule has 0 unspecified atom stereocenters. The molecule has 0 spiro atoms. The number of hydrogen-bond donors (Lipinski definition) is 0. The number of anilines is 1. The van der Waals surface area contributed by atoms with Crippen LogP contribution in [0.5, 0.6) is 0 Å². The molecule has 88 valence electrons. The zero-order valence-corrected chi connectivity index (χ0v) is 9.89. The van der Waals surface area contributed by atoms with Crippen molar-refractivity contribution in [3.8, 4) is 0 Å². The highest BCUT2D eigenvalue weighted by Gasteiger charge is 2.11. The minimum Gasteiger partial charge on any atom is -0.351 e. The molecular weight excluding hydrogens is 243 g/mol. The molecule has 0 radical (unpaired) electrons. The summed E-state index contributed by atoms with van der Waals surface area (Å²) in [5.41, 5.74) is 0.823. The highest BCUT2D eigenvalue weighted by molar-refractivity contribution is 6.28. The second kappa shape index (κ2) is 5.05. The molecule has 0 saturated heterocycles. The molecule has 2 rings (SSSR count). The summed E-state index contributed by atoms with van der Waals surface area (Å²) in [5, 5.41) is 0.0225. The molecule has 0 aliphatic carbocycles. The van der Waals surface area contributed by atoms with E-state index in [1.54, 1.807) is 18.1 Å². The summed E-state index contributed by atoms with van der Waals surface area (Å²) in [6.45, 7) is 0.450. The molecule has 6 heteroatoms. The smallest absolute Gasteiger partial charge is 0.224 e. The van der Waals surface area contributed by atoms with Crippen LogP contribution in [0.1, 0.15) is 5.69 Å². The van der Waals surface area contributed by atoms with Crippen molar-refractivity contribution in [3.05, 3.63) is 47.4 Å². The summed E-state index contributed by atoms with van der Waals surface area (Å²) in [6.07, 6.45) is 2.74. The molecule has 17 heavy (non-hydrogen) atoms. The van der Waals surface area contributed by atoms with E-state index in [1.807, 2.05) is 18.2 Å². The van der Waals surface area contributed by atoms with Gasteiger partial charge in [0.25, 0.3) is 0 Å². The number of nitrogens with zero attached hydrogens (tertiary/aromatic N) is 4. The SMILES string of the molecule is CN(Cc1ccccn1)c1nc(Cl)ncc1F. The second-order valence-corrected chi connectivity index (χ2v) is 3.83. The Balaban J connectivity index is 2.20. The van der Waals surface area contributed by atoms with Crippen LogP contribution in [0.2, 0.25) is 5.28 Å². The first kappa shape index (κ1) is 11.7. The van der Waals surface area contributed by atoms with Gasteiger partial charge in [-0.05, 0) is 23.7 Å². The predicted molar refractivity (Wildman–Crippen MR) is 63.3 cm³/mol. The van der Waals surface area contributed by atoms with Gasteiger partial charge in [0, 0.05) is 13.2 Å². The fraction of sp³-hybridized carbons (Fsp3) is 0.182. The maximum absolute atomic E-state index is 13.5. The number of halogens is 2. The maximum atomic E-state index is 13.5. The normalized spacial score (nSPS) is 10.3. The number of rotatable bonds is 3. The molecule has 0 atom stereocenters. The van der Waals surface area contributed by atoms with Crippen molar-refractivity contribution >= 4 is 17.4 Å². The summed E-state index contributed by atoms with van der Waals surface area (Å²) in [4.78, 5) is 13.2. The zero-order valence-electron chi connectivity index (χ0n) is 9.14. The Labute approximate surface area is 103 Å². The van der Waals surface area contributed by atoms with Crippen molar-refractivity contribution in [2.75, 3.05) is 11.9 Å². The van der Waals surface area contributed by atoms with Crippen molar-refractivity contribution in [2.45, 2.75) is 6.54 Å². The average Bonchev–Trinajstić information content (AvgIpc) is 2.33. The monoisotopic (exact) mass is 252 g/mol. The van der Waals surface area contributed by atoms with Crippen molar-refractivity contribution < 1.29 is 4.39 Å². The first-order valence-electron chi connectivity index (χ1n) is 4.96. The van der Waals surface area contributed by atoms with Crippen LogP contribution in [0.25, 0.3) is 0 Å². The molecule has 2 heterocycles. The van der Waals surface area contributed by atoms with Crippen LogP contribution in [0.4, 0.5) is 10.2 Å². The Kier molecular flexibility index (Phi) is 3.49. The van der Waals surface area contributed by atoms with Gasteiger partial charge in [-0.3, -0.25) is 4.98 Å². The summed E-state index contributed by atoms with van der Waals surface area (Å²) in [7, 11) is 1.72. The lowest BCUT2D eigenvalue weighted by Crippen LogP contribution is -2.20. The highest BCUT2D eigenvalue weighted by Crippen LogP contribution is 2.17. The standard InChI is InChI=1S/C11H10ClFN4/c1-17(7-8-4-2-3-5-14-8)10-9(13)6-15-11(12)16-10/h2-6H,7H2,1H3. The third kappa shape index (κ3) is 2.88. The van der Waals surface area contributed by atoms with Gasteiger partial charge in [-0.15, -0.1) is 0 Å². The van der Waals surface area contributed by atoms with Crippen molar-refractivity contribution in [3.63, 3.8) is 0 Å². The van der Waals surface area contributed by atoms with Gasteiger partial charge in [0.1, 0.15) is 0 Å². The van der Waals surface area contributed by atoms with E-state index in [-0.39, 0.29) is 11.1 Å². The molecule has 0 N–H and O–H groups in total. The van der Waals surface area contributed by atoms with Crippen LogP contribution in [-0.4, -0.2) is 22.0 Å². The van der Waals surface area contributed by atoms with Gasteiger partial charge < -0.3 is 4.90 Å². The van der Waals surface area contributed by atoms with E-state index < -0.39 is 5.82 Å². The molecule has 0 bridgehead atoms. The Morgan fingerprint density at radius 3 is 2.88 bits per heavy atom. The number of aromatic nitrogens is 3. The lowest BCUT2D eigenvalue weighted by Gasteiger charge is -2.17. The first-order valence-corrected chi connectivity index (χ1v) is 5.33. The minimum atomic E-state index is -0.507. The molecule has 0 aliphatic heterocycles. The van der Waals surface area contributed by atoms with Gasteiger partial charge in [0.2, 0.25) is 5.28 Å². The Morgan fingerprint density at radius 2 is 2.18 bits per heavy atom.